The van der Waals surface area contributed by atoms with Crippen LogP contribution in [0.1, 0.15) is 31.7 Å². The molecule has 1 atom stereocenters. The summed E-state index contributed by atoms with van der Waals surface area (Å²) in [5, 5.41) is 0. The molecule has 0 spiro atoms. The van der Waals surface area contributed by atoms with Gasteiger partial charge in [-0.25, -0.2) is 8.78 Å². The van der Waals surface area contributed by atoms with Gasteiger partial charge in [-0.15, -0.1) is 0 Å². The van der Waals surface area contributed by atoms with Crippen molar-refractivity contribution in [2.45, 2.75) is 26.2 Å². The fourth-order valence-electron chi connectivity index (χ4n) is 1.37. The summed E-state index contributed by atoms with van der Waals surface area (Å²) in [6, 6.07) is 3.73. The van der Waals surface area contributed by atoms with Crippen LogP contribution in [0.25, 0.3) is 0 Å². The summed E-state index contributed by atoms with van der Waals surface area (Å²) in [5.74, 6) is -1.74. The maximum Gasteiger partial charge on any atom is 0.159 e. The van der Waals surface area contributed by atoms with Gasteiger partial charge in [0, 0.05) is 6.42 Å². The monoisotopic (exact) mass is 198 g/mol. The van der Waals surface area contributed by atoms with Gasteiger partial charge in [0.05, 0.1) is 0 Å². The molecule has 0 N–H and O–H groups in total. The smallest absolute Gasteiger partial charge is 0.159 e. The van der Waals surface area contributed by atoms with Crippen LogP contribution in [-0.4, -0.2) is 5.78 Å². The van der Waals surface area contributed by atoms with Crippen molar-refractivity contribution in [3.63, 3.8) is 0 Å². The first-order valence-corrected chi connectivity index (χ1v) is 4.45. The Morgan fingerprint density at radius 1 is 1.36 bits per heavy atom. The summed E-state index contributed by atoms with van der Waals surface area (Å²) in [7, 11) is 0. The quantitative estimate of drug-likeness (QED) is 0.729. The second-order valence-corrected chi connectivity index (χ2v) is 3.48. The summed E-state index contributed by atoms with van der Waals surface area (Å²) in [6.07, 6.45) is 0.352. The lowest BCUT2D eigenvalue weighted by molar-refractivity contribution is -0.117. The number of hydrogen-bond donors (Lipinski definition) is 0. The van der Waals surface area contributed by atoms with Gasteiger partial charge < -0.3 is 4.79 Å². The Kier molecular flexibility index (Phi) is 3.33. The van der Waals surface area contributed by atoms with E-state index >= 15 is 0 Å². The fraction of sp³-hybridized carbons (Fsp3) is 0.364. The molecule has 0 amide bonds. The van der Waals surface area contributed by atoms with Crippen LogP contribution < -0.4 is 0 Å². The van der Waals surface area contributed by atoms with E-state index in [9.17, 15) is 13.6 Å². The third-order valence-electron chi connectivity index (χ3n) is 2.11. The van der Waals surface area contributed by atoms with E-state index in [0.29, 0.717) is 12.0 Å². The van der Waals surface area contributed by atoms with Crippen molar-refractivity contribution in [1.82, 2.24) is 0 Å². The van der Waals surface area contributed by atoms with E-state index in [4.69, 9.17) is 0 Å². The number of Topliss-reactive ketones (excluding diaryl/α,β-unsaturated/α-hetero) is 1. The second kappa shape index (κ2) is 4.31. The fourth-order valence-corrected chi connectivity index (χ4v) is 1.37. The molecule has 3 heteroatoms. The van der Waals surface area contributed by atoms with Gasteiger partial charge in [0.1, 0.15) is 5.78 Å². The second-order valence-electron chi connectivity index (χ2n) is 3.48. The SMILES string of the molecule is CC(=O)C[C@@H](C)c1ccc(F)c(F)c1. The first-order chi connectivity index (χ1) is 6.50. The molecule has 1 aromatic carbocycles. The maximum atomic E-state index is 12.8. The zero-order valence-electron chi connectivity index (χ0n) is 8.18. The Hall–Kier alpha value is -1.25. The van der Waals surface area contributed by atoms with E-state index in [1.807, 2.05) is 6.92 Å². The van der Waals surface area contributed by atoms with Crippen molar-refractivity contribution in [3.8, 4) is 0 Å². The van der Waals surface area contributed by atoms with Crippen LogP contribution >= 0.6 is 0 Å². The highest BCUT2D eigenvalue weighted by atomic mass is 19.2. The number of halogens is 2. The summed E-state index contributed by atoms with van der Waals surface area (Å²) < 4.78 is 25.4. The zero-order valence-corrected chi connectivity index (χ0v) is 8.18. The minimum absolute atomic E-state index is 0.0437. The highest BCUT2D eigenvalue weighted by molar-refractivity contribution is 5.76. The summed E-state index contributed by atoms with van der Waals surface area (Å²) in [5.41, 5.74) is 0.652. The van der Waals surface area contributed by atoms with Gasteiger partial charge in [-0.2, -0.15) is 0 Å². The molecule has 0 aromatic heterocycles. The third kappa shape index (κ3) is 2.62. The Balaban J connectivity index is 2.85. The van der Waals surface area contributed by atoms with E-state index in [1.54, 1.807) is 0 Å². The van der Waals surface area contributed by atoms with Gasteiger partial charge in [0.15, 0.2) is 11.6 Å². The highest BCUT2D eigenvalue weighted by Gasteiger charge is 2.10. The van der Waals surface area contributed by atoms with E-state index in [0.717, 1.165) is 12.1 Å². The molecule has 14 heavy (non-hydrogen) atoms. The molecule has 0 aliphatic heterocycles. The standard InChI is InChI=1S/C11H12F2O/c1-7(5-8(2)14)9-3-4-10(12)11(13)6-9/h3-4,6-7H,5H2,1-2H3/t7-/m1/s1. The molecule has 0 heterocycles. The predicted octanol–water partition coefficient (Wildman–Crippen LogP) is 3.05. The Morgan fingerprint density at radius 2 is 2.00 bits per heavy atom. The van der Waals surface area contributed by atoms with Gasteiger partial charge >= 0.3 is 0 Å². The van der Waals surface area contributed by atoms with Crippen molar-refractivity contribution < 1.29 is 13.6 Å². The normalized spacial score (nSPS) is 12.6. The maximum absolute atomic E-state index is 12.8. The third-order valence-corrected chi connectivity index (χ3v) is 2.11. The Morgan fingerprint density at radius 3 is 2.50 bits per heavy atom. The number of carbonyl (C=O) groups is 1. The van der Waals surface area contributed by atoms with Crippen molar-refractivity contribution in [3.05, 3.63) is 35.4 Å². The van der Waals surface area contributed by atoms with Crippen molar-refractivity contribution in [1.29, 1.82) is 0 Å². The number of hydrogen-bond acceptors (Lipinski definition) is 1. The van der Waals surface area contributed by atoms with Crippen LogP contribution in [-0.2, 0) is 4.79 Å². The minimum atomic E-state index is -0.863. The molecular formula is C11H12F2O. The summed E-state index contributed by atoms with van der Waals surface area (Å²) >= 11 is 0. The molecule has 0 unspecified atom stereocenters. The molecule has 0 bridgehead atoms. The van der Waals surface area contributed by atoms with E-state index in [2.05, 4.69) is 0 Å². The van der Waals surface area contributed by atoms with Crippen LogP contribution in [0.2, 0.25) is 0 Å². The molecule has 0 radical (unpaired) electrons. The van der Waals surface area contributed by atoms with Crippen LogP contribution in [0, 0.1) is 11.6 Å². The topological polar surface area (TPSA) is 17.1 Å². The van der Waals surface area contributed by atoms with Crippen molar-refractivity contribution >= 4 is 5.78 Å². The lowest BCUT2D eigenvalue weighted by Crippen LogP contribution is -2.01. The van der Waals surface area contributed by atoms with Gasteiger partial charge in [-0.1, -0.05) is 13.0 Å². The summed E-state index contributed by atoms with van der Waals surface area (Å²) in [6.45, 7) is 3.30. The summed E-state index contributed by atoms with van der Waals surface area (Å²) in [4.78, 5) is 10.8. The van der Waals surface area contributed by atoms with Gasteiger partial charge in [0.2, 0.25) is 0 Å². The first-order valence-electron chi connectivity index (χ1n) is 4.45. The van der Waals surface area contributed by atoms with Crippen LogP contribution in [0.3, 0.4) is 0 Å². The average Bonchev–Trinajstić information content (AvgIpc) is 2.08. The first kappa shape index (κ1) is 10.8. The van der Waals surface area contributed by atoms with E-state index in [-0.39, 0.29) is 11.7 Å². The minimum Gasteiger partial charge on any atom is -0.300 e. The highest BCUT2D eigenvalue weighted by Crippen LogP contribution is 2.21. The zero-order chi connectivity index (χ0) is 10.7. The molecule has 0 saturated carbocycles. The largest absolute Gasteiger partial charge is 0.300 e. The van der Waals surface area contributed by atoms with E-state index in [1.165, 1.54) is 13.0 Å². The van der Waals surface area contributed by atoms with Gasteiger partial charge in [0.25, 0.3) is 0 Å². The molecule has 0 saturated heterocycles. The number of carbonyl (C=O) groups excluding carboxylic acids is 1. The lowest BCUT2D eigenvalue weighted by Gasteiger charge is -2.09. The number of rotatable bonds is 3. The van der Waals surface area contributed by atoms with Gasteiger partial charge in [-0.3, -0.25) is 0 Å². The number of benzene rings is 1. The van der Waals surface area contributed by atoms with Crippen LogP contribution in [0.5, 0.6) is 0 Å². The van der Waals surface area contributed by atoms with Crippen molar-refractivity contribution in [2.75, 3.05) is 0 Å². The molecular weight excluding hydrogens is 186 g/mol. The number of ketones is 1. The van der Waals surface area contributed by atoms with Crippen LogP contribution in [0.4, 0.5) is 8.78 Å². The Bertz CT molecular complexity index is 347. The van der Waals surface area contributed by atoms with E-state index < -0.39 is 11.6 Å². The predicted molar refractivity (Wildman–Crippen MR) is 50.1 cm³/mol. The molecule has 1 nitrogen and oxygen atoms in total. The molecule has 0 aliphatic carbocycles. The molecule has 0 aliphatic rings. The molecule has 76 valence electrons. The van der Waals surface area contributed by atoms with Crippen molar-refractivity contribution in [2.24, 2.45) is 0 Å². The van der Waals surface area contributed by atoms with Crippen LogP contribution in [0.15, 0.2) is 18.2 Å². The Labute approximate surface area is 81.7 Å². The molecule has 1 aromatic rings. The average molecular weight is 198 g/mol. The lowest BCUT2D eigenvalue weighted by atomic mass is 9.96. The van der Waals surface area contributed by atoms with Gasteiger partial charge in [-0.05, 0) is 30.5 Å². The molecule has 0 fully saturated rings. The molecule has 1 rings (SSSR count).